The first-order valence-corrected chi connectivity index (χ1v) is 8.09. The average Bonchev–Trinajstić information content (AvgIpc) is 3.03. The lowest BCUT2D eigenvalue weighted by molar-refractivity contribution is 0.271. The molecule has 0 fully saturated rings. The van der Waals surface area contributed by atoms with Crippen LogP contribution < -0.4 is 5.73 Å². The summed E-state index contributed by atoms with van der Waals surface area (Å²) in [6, 6.07) is 15.2. The molecule has 0 aliphatic carbocycles. The highest BCUT2D eigenvalue weighted by atomic mass is 32.2. The maximum absolute atomic E-state index is 5.88. The van der Waals surface area contributed by atoms with E-state index in [4.69, 9.17) is 5.73 Å². The Morgan fingerprint density at radius 2 is 1.95 bits per heavy atom. The molecule has 2 N–H and O–H groups in total. The predicted molar refractivity (Wildman–Crippen MR) is 84.9 cm³/mol. The van der Waals surface area contributed by atoms with Crippen molar-refractivity contribution in [3.05, 3.63) is 59.2 Å². The third-order valence-electron chi connectivity index (χ3n) is 4.30. The van der Waals surface area contributed by atoms with E-state index in [1.165, 1.54) is 27.3 Å². The van der Waals surface area contributed by atoms with Crippen molar-refractivity contribution in [2.75, 3.05) is 18.0 Å². The molecule has 1 unspecified atom stereocenters. The van der Waals surface area contributed by atoms with Crippen LogP contribution >= 0.6 is 11.8 Å². The van der Waals surface area contributed by atoms with E-state index >= 15 is 0 Å². The second kappa shape index (κ2) is 4.83. The minimum atomic E-state index is 0.669. The van der Waals surface area contributed by atoms with Crippen LogP contribution in [0.5, 0.6) is 0 Å². The molecular weight excluding hydrogens is 264 g/mol. The van der Waals surface area contributed by atoms with Gasteiger partial charge in [0.05, 0.1) is 0 Å². The number of benzene rings is 2. The minimum absolute atomic E-state index is 0.669. The normalized spacial score (nSPS) is 20.9. The number of rotatable bonds is 2. The maximum atomic E-state index is 5.88. The summed E-state index contributed by atoms with van der Waals surface area (Å²) in [6.07, 6.45) is 0. The third-order valence-corrected chi connectivity index (χ3v) is 5.55. The zero-order valence-corrected chi connectivity index (χ0v) is 12.2. The molecule has 102 valence electrons. The summed E-state index contributed by atoms with van der Waals surface area (Å²) in [5.41, 5.74) is 11.1. The van der Waals surface area contributed by atoms with E-state index in [-0.39, 0.29) is 0 Å². The second-order valence-corrected chi connectivity index (χ2v) is 6.81. The topological polar surface area (TPSA) is 29.3 Å². The van der Waals surface area contributed by atoms with E-state index in [9.17, 15) is 0 Å². The van der Waals surface area contributed by atoms with Crippen molar-refractivity contribution >= 4 is 17.4 Å². The van der Waals surface area contributed by atoms with Gasteiger partial charge in [-0.25, -0.2) is 0 Å². The van der Waals surface area contributed by atoms with Crippen LogP contribution in [-0.2, 0) is 13.1 Å². The zero-order chi connectivity index (χ0) is 13.5. The summed E-state index contributed by atoms with van der Waals surface area (Å²) in [5.74, 6) is 1.89. The summed E-state index contributed by atoms with van der Waals surface area (Å²) in [4.78, 5) is 4.02. The zero-order valence-electron chi connectivity index (χ0n) is 11.4. The Morgan fingerprint density at radius 3 is 2.90 bits per heavy atom. The monoisotopic (exact) mass is 282 g/mol. The molecule has 0 radical (unpaired) electrons. The summed E-state index contributed by atoms with van der Waals surface area (Å²) >= 11 is 2.00. The van der Waals surface area contributed by atoms with Crippen molar-refractivity contribution in [2.24, 2.45) is 0 Å². The first-order chi connectivity index (χ1) is 9.79. The molecule has 2 aliphatic rings. The molecule has 0 spiro atoms. The van der Waals surface area contributed by atoms with Crippen LogP contribution in [-0.4, -0.2) is 17.2 Å². The van der Waals surface area contributed by atoms with E-state index < -0.39 is 0 Å². The first kappa shape index (κ1) is 12.3. The van der Waals surface area contributed by atoms with Gasteiger partial charge < -0.3 is 5.73 Å². The van der Waals surface area contributed by atoms with Crippen LogP contribution in [0.1, 0.15) is 22.6 Å². The fraction of sp³-hybridized carbons (Fsp3) is 0.294. The van der Waals surface area contributed by atoms with E-state index in [2.05, 4.69) is 41.3 Å². The fourth-order valence-electron chi connectivity index (χ4n) is 3.31. The number of hydrogen-bond acceptors (Lipinski definition) is 3. The van der Waals surface area contributed by atoms with Gasteiger partial charge in [0, 0.05) is 41.9 Å². The lowest BCUT2D eigenvalue weighted by atomic mass is 10.0. The third kappa shape index (κ3) is 2.11. The quantitative estimate of drug-likeness (QED) is 0.855. The highest BCUT2D eigenvalue weighted by Crippen LogP contribution is 2.40. The van der Waals surface area contributed by atoms with Crippen molar-refractivity contribution in [2.45, 2.75) is 23.9 Å². The first-order valence-electron chi connectivity index (χ1n) is 7.11. The van der Waals surface area contributed by atoms with Crippen LogP contribution in [0, 0.1) is 0 Å². The Balaban J connectivity index is 1.50. The van der Waals surface area contributed by atoms with E-state index in [0.717, 1.165) is 25.3 Å². The van der Waals surface area contributed by atoms with Crippen LogP contribution in [0.4, 0.5) is 5.69 Å². The fourth-order valence-corrected chi connectivity index (χ4v) is 4.55. The molecule has 1 atom stereocenters. The minimum Gasteiger partial charge on any atom is -0.399 e. The van der Waals surface area contributed by atoms with Crippen molar-refractivity contribution in [1.29, 1.82) is 0 Å². The molecule has 0 saturated heterocycles. The number of nitrogens with two attached hydrogens (primary N) is 1. The van der Waals surface area contributed by atoms with Gasteiger partial charge in [-0.2, -0.15) is 0 Å². The van der Waals surface area contributed by atoms with E-state index in [1.54, 1.807) is 0 Å². The molecule has 3 heteroatoms. The van der Waals surface area contributed by atoms with Crippen molar-refractivity contribution in [1.82, 2.24) is 4.90 Å². The number of nitrogen functional groups attached to an aromatic ring is 1. The van der Waals surface area contributed by atoms with Crippen LogP contribution in [0.2, 0.25) is 0 Å². The van der Waals surface area contributed by atoms with Crippen LogP contribution in [0.15, 0.2) is 47.4 Å². The molecule has 0 aromatic heterocycles. The van der Waals surface area contributed by atoms with Gasteiger partial charge in [0.1, 0.15) is 0 Å². The Morgan fingerprint density at radius 1 is 1.10 bits per heavy atom. The lowest BCUT2D eigenvalue weighted by Crippen LogP contribution is -2.23. The molecule has 2 nitrogen and oxygen atoms in total. The summed E-state index contributed by atoms with van der Waals surface area (Å²) < 4.78 is 0. The van der Waals surface area contributed by atoms with Crippen molar-refractivity contribution in [3.63, 3.8) is 0 Å². The standard InChI is InChI=1S/C17H18N2S/c18-15-6-5-12-8-19(9-13(12)7-15)10-14-11-20-17-4-2-1-3-16(14)17/h1-7,14H,8-11,18H2. The van der Waals surface area contributed by atoms with E-state index in [0.29, 0.717) is 5.92 Å². The predicted octanol–water partition coefficient (Wildman–Crippen LogP) is 3.47. The number of hydrogen-bond donors (Lipinski definition) is 1. The Bertz CT molecular complexity index is 653. The highest BCUT2D eigenvalue weighted by Gasteiger charge is 2.27. The molecule has 20 heavy (non-hydrogen) atoms. The second-order valence-electron chi connectivity index (χ2n) is 5.74. The average molecular weight is 282 g/mol. The summed E-state index contributed by atoms with van der Waals surface area (Å²) in [7, 11) is 0. The van der Waals surface area contributed by atoms with Gasteiger partial charge >= 0.3 is 0 Å². The van der Waals surface area contributed by atoms with Gasteiger partial charge in [0.15, 0.2) is 0 Å². The van der Waals surface area contributed by atoms with Gasteiger partial charge in [-0.1, -0.05) is 24.3 Å². The molecule has 2 aromatic carbocycles. The Kier molecular flexibility index (Phi) is 2.97. The van der Waals surface area contributed by atoms with Gasteiger partial charge in [0.2, 0.25) is 0 Å². The molecule has 2 aliphatic heterocycles. The number of nitrogens with zero attached hydrogens (tertiary/aromatic N) is 1. The number of fused-ring (bicyclic) bond motifs is 2. The molecule has 0 bridgehead atoms. The SMILES string of the molecule is Nc1ccc2c(c1)CN(CC1CSc3ccccc31)C2. The largest absolute Gasteiger partial charge is 0.399 e. The van der Waals surface area contributed by atoms with Gasteiger partial charge in [-0.3, -0.25) is 4.90 Å². The highest BCUT2D eigenvalue weighted by molar-refractivity contribution is 7.99. The van der Waals surface area contributed by atoms with Gasteiger partial charge in [-0.05, 0) is 34.9 Å². The van der Waals surface area contributed by atoms with Crippen molar-refractivity contribution < 1.29 is 0 Å². The van der Waals surface area contributed by atoms with Gasteiger partial charge in [-0.15, -0.1) is 11.8 Å². The number of thioether (sulfide) groups is 1. The Labute approximate surface area is 124 Å². The lowest BCUT2D eigenvalue weighted by Gasteiger charge is -2.20. The number of anilines is 1. The summed E-state index contributed by atoms with van der Waals surface area (Å²) in [5, 5.41) is 0. The molecule has 0 saturated carbocycles. The van der Waals surface area contributed by atoms with Gasteiger partial charge in [0.25, 0.3) is 0 Å². The van der Waals surface area contributed by atoms with Crippen LogP contribution in [0.3, 0.4) is 0 Å². The molecule has 0 amide bonds. The van der Waals surface area contributed by atoms with Crippen molar-refractivity contribution in [3.8, 4) is 0 Å². The van der Waals surface area contributed by atoms with E-state index in [1.807, 2.05) is 17.8 Å². The molecular formula is C17H18N2S. The Hall–Kier alpha value is -1.45. The van der Waals surface area contributed by atoms with Crippen LogP contribution in [0.25, 0.3) is 0 Å². The maximum Gasteiger partial charge on any atom is 0.0317 e. The molecule has 2 aromatic rings. The summed E-state index contributed by atoms with van der Waals surface area (Å²) in [6.45, 7) is 3.27. The smallest absolute Gasteiger partial charge is 0.0317 e. The molecule has 4 rings (SSSR count). The molecule has 2 heterocycles.